The van der Waals surface area contributed by atoms with Gasteiger partial charge in [-0.25, -0.2) is 0 Å². The van der Waals surface area contributed by atoms with Crippen molar-refractivity contribution in [1.82, 2.24) is 0 Å². The summed E-state index contributed by atoms with van der Waals surface area (Å²) in [6.45, 7) is 5.30. The molecule has 2 N–H and O–H groups in total. The Morgan fingerprint density at radius 3 is 2.60 bits per heavy atom. The number of esters is 1. The Balaban J connectivity index is 2.45. The van der Waals surface area contributed by atoms with Crippen LogP contribution in [0.3, 0.4) is 0 Å². The van der Waals surface area contributed by atoms with E-state index < -0.39 is 23.5 Å². The molecule has 5 nitrogen and oxygen atoms in total. The second kappa shape index (κ2) is 4.08. The van der Waals surface area contributed by atoms with E-state index in [1.165, 1.54) is 0 Å². The van der Waals surface area contributed by atoms with Crippen LogP contribution in [0.5, 0.6) is 0 Å². The van der Waals surface area contributed by atoms with Crippen molar-refractivity contribution in [3.8, 4) is 0 Å². The molecule has 0 aromatic carbocycles. The first kappa shape index (κ1) is 12.4. The third-order valence-corrected chi connectivity index (χ3v) is 1.94. The first-order chi connectivity index (χ1) is 6.70. The molecule has 0 spiro atoms. The van der Waals surface area contributed by atoms with Crippen LogP contribution in [0.25, 0.3) is 0 Å². The molecule has 1 heterocycles. The van der Waals surface area contributed by atoms with Gasteiger partial charge in [0.1, 0.15) is 5.60 Å². The van der Waals surface area contributed by atoms with Gasteiger partial charge in [-0.3, -0.25) is 4.79 Å². The molecule has 2 atom stereocenters. The zero-order chi connectivity index (χ0) is 11.7. The normalized spacial score (nSPS) is 31.7. The van der Waals surface area contributed by atoms with E-state index in [1.54, 1.807) is 20.8 Å². The third-order valence-electron chi connectivity index (χ3n) is 1.94. The number of hydrogen-bond donors (Lipinski definition) is 2. The second-order valence-corrected chi connectivity index (χ2v) is 4.88. The number of carbonyl (C=O) groups is 1. The van der Waals surface area contributed by atoms with Crippen molar-refractivity contribution >= 4 is 5.97 Å². The zero-order valence-corrected chi connectivity index (χ0v) is 9.32. The highest BCUT2D eigenvalue weighted by Crippen LogP contribution is 2.27. The molecule has 5 heteroatoms. The highest BCUT2D eigenvalue weighted by molar-refractivity contribution is 5.70. The minimum Gasteiger partial charge on any atom is -0.460 e. The number of aliphatic hydroxyl groups is 2. The molecule has 1 aliphatic rings. The highest BCUT2D eigenvalue weighted by Gasteiger charge is 2.40. The van der Waals surface area contributed by atoms with E-state index in [1.807, 2.05) is 0 Å². The van der Waals surface area contributed by atoms with Gasteiger partial charge < -0.3 is 19.7 Å². The lowest BCUT2D eigenvalue weighted by Gasteiger charge is -2.24. The van der Waals surface area contributed by atoms with Crippen molar-refractivity contribution in [2.75, 3.05) is 6.61 Å². The fourth-order valence-corrected chi connectivity index (χ4v) is 1.46. The summed E-state index contributed by atoms with van der Waals surface area (Å²) in [7, 11) is 0. The van der Waals surface area contributed by atoms with Gasteiger partial charge in [0.25, 0.3) is 0 Å². The van der Waals surface area contributed by atoms with Crippen molar-refractivity contribution in [2.24, 2.45) is 0 Å². The van der Waals surface area contributed by atoms with E-state index in [2.05, 4.69) is 0 Å². The molecule has 15 heavy (non-hydrogen) atoms. The Morgan fingerprint density at radius 1 is 1.60 bits per heavy atom. The lowest BCUT2D eigenvalue weighted by Crippen LogP contribution is -2.34. The third kappa shape index (κ3) is 4.15. The first-order valence-corrected chi connectivity index (χ1v) is 4.96. The van der Waals surface area contributed by atoms with Crippen molar-refractivity contribution in [3.05, 3.63) is 0 Å². The van der Waals surface area contributed by atoms with Crippen LogP contribution < -0.4 is 0 Å². The number of aliphatic hydroxyl groups excluding tert-OH is 1. The number of ether oxygens (including phenoxy) is 2. The second-order valence-electron chi connectivity index (χ2n) is 4.88. The lowest BCUT2D eigenvalue weighted by molar-refractivity contribution is -0.195. The maximum Gasteiger partial charge on any atom is 0.311 e. The van der Waals surface area contributed by atoms with Crippen molar-refractivity contribution < 1.29 is 24.5 Å². The Kier molecular flexibility index (Phi) is 3.38. The van der Waals surface area contributed by atoms with E-state index >= 15 is 0 Å². The van der Waals surface area contributed by atoms with E-state index in [0.29, 0.717) is 0 Å². The van der Waals surface area contributed by atoms with Gasteiger partial charge in [0.15, 0.2) is 5.79 Å². The molecule has 88 valence electrons. The average Bonchev–Trinajstić information content (AvgIpc) is 2.25. The van der Waals surface area contributed by atoms with Gasteiger partial charge >= 0.3 is 5.97 Å². The summed E-state index contributed by atoms with van der Waals surface area (Å²) in [6.07, 6.45) is -0.912. The van der Waals surface area contributed by atoms with Crippen LogP contribution in [0.15, 0.2) is 0 Å². The molecule has 0 saturated carbocycles. The summed E-state index contributed by atoms with van der Waals surface area (Å²) in [5.74, 6) is -2.10. The molecular formula is C10H18O5. The minimum atomic E-state index is -1.57. The van der Waals surface area contributed by atoms with Crippen LogP contribution in [0, 0.1) is 0 Å². The SMILES string of the molecule is CC(C)(C)OC(=O)CC1(O)C[C@H](O)CO1. The van der Waals surface area contributed by atoms with Gasteiger partial charge in [-0.05, 0) is 20.8 Å². The summed E-state index contributed by atoms with van der Waals surface area (Å²) in [6, 6.07) is 0. The predicted octanol–water partition coefficient (Wildman–Crippen LogP) is 0.188. The van der Waals surface area contributed by atoms with Crippen molar-refractivity contribution in [3.63, 3.8) is 0 Å². The molecule has 1 rings (SSSR count). The molecule has 1 unspecified atom stereocenters. The fraction of sp³-hybridized carbons (Fsp3) is 0.900. The summed E-state index contributed by atoms with van der Waals surface area (Å²) >= 11 is 0. The molecule has 0 radical (unpaired) electrons. The van der Waals surface area contributed by atoms with Crippen LogP contribution >= 0.6 is 0 Å². The quantitative estimate of drug-likeness (QED) is 0.647. The van der Waals surface area contributed by atoms with Crippen LogP contribution in [0.2, 0.25) is 0 Å². The molecule has 0 bridgehead atoms. The molecule has 1 fully saturated rings. The van der Waals surface area contributed by atoms with E-state index in [4.69, 9.17) is 9.47 Å². The average molecular weight is 218 g/mol. The summed E-state index contributed by atoms with van der Waals surface area (Å²) in [5, 5.41) is 18.9. The topological polar surface area (TPSA) is 76.0 Å². The summed E-state index contributed by atoms with van der Waals surface area (Å²) in [4.78, 5) is 11.4. The van der Waals surface area contributed by atoms with Gasteiger partial charge in [-0.2, -0.15) is 0 Å². The highest BCUT2D eigenvalue weighted by atomic mass is 16.6. The monoisotopic (exact) mass is 218 g/mol. The van der Waals surface area contributed by atoms with Gasteiger partial charge in [0.2, 0.25) is 0 Å². The Hall–Kier alpha value is -0.650. The zero-order valence-electron chi connectivity index (χ0n) is 9.32. The van der Waals surface area contributed by atoms with Crippen LogP contribution in [-0.2, 0) is 14.3 Å². The molecule has 1 saturated heterocycles. The van der Waals surface area contributed by atoms with E-state index in [-0.39, 0.29) is 19.4 Å². The number of carbonyl (C=O) groups excluding carboxylic acids is 1. The van der Waals surface area contributed by atoms with Gasteiger partial charge in [-0.1, -0.05) is 0 Å². The first-order valence-electron chi connectivity index (χ1n) is 4.96. The molecule has 1 aliphatic heterocycles. The molecular weight excluding hydrogens is 200 g/mol. The molecule has 0 amide bonds. The number of rotatable bonds is 2. The van der Waals surface area contributed by atoms with Crippen molar-refractivity contribution in [1.29, 1.82) is 0 Å². The van der Waals surface area contributed by atoms with E-state index in [9.17, 15) is 15.0 Å². The largest absolute Gasteiger partial charge is 0.460 e. The van der Waals surface area contributed by atoms with E-state index in [0.717, 1.165) is 0 Å². The Labute approximate surface area is 89.0 Å². The standard InChI is InChI=1S/C10H18O5/c1-9(2,3)15-8(12)5-10(13)4-7(11)6-14-10/h7,11,13H,4-6H2,1-3H3/t7-,10?/m0/s1. The van der Waals surface area contributed by atoms with Gasteiger partial charge in [0, 0.05) is 6.42 Å². The summed E-state index contributed by atoms with van der Waals surface area (Å²) in [5.41, 5.74) is -0.579. The molecule has 0 aromatic heterocycles. The van der Waals surface area contributed by atoms with Gasteiger partial charge in [-0.15, -0.1) is 0 Å². The Morgan fingerprint density at radius 2 is 2.20 bits per heavy atom. The lowest BCUT2D eigenvalue weighted by atomic mass is 10.1. The molecule has 0 aromatic rings. The minimum absolute atomic E-state index is 0.0479. The smallest absolute Gasteiger partial charge is 0.311 e. The maximum absolute atomic E-state index is 11.4. The molecule has 0 aliphatic carbocycles. The Bertz CT molecular complexity index is 245. The maximum atomic E-state index is 11.4. The fourth-order valence-electron chi connectivity index (χ4n) is 1.46. The van der Waals surface area contributed by atoms with Crippen LogP contribution in [-0.4, -0.2) is 40.3 Å². The van der Waals surface area contributed by atoms with Crippen LogP contribution in [0.4, 0.5) is 0 Å². The van der Waals surface area contributed by atoms with Crippen molar-refractivity contribution in [2.45, 2.75) is 51.1 Å². The van der Waals surface area contributed by atoms with Crippen LogP contribution in [0.1, 0.15) is 33.6 Å². The number of hydrogen-bond acceptors (Lipinski definition) is 5. The van der Waals surface area contributed by atoms with Gasteiger partial charge in [0.05, 0.1) is 19.1 Å². The predicted molar refractivity (Wildman–Crippen MR) is 52.0 cm³/mol. The summed E-state index contributed by atoms with van der Waals surface area (Å²) < 4.78 is 9.98.